The van der Waals surface area contributed by atoms with Crippen LogP contribution in [-0.2, 0) is 19.6 Å². The SMILES string of the molecule is CCCc1ccc(OCc2ccc(F)cc2CN)cc1. The molecular weight excluding hydrogens is 253 g/mol. The normalized spacial score (nSPS) is 10.6. The van der Waals surface area contributed by atoms with E-state index in [4.69, 9.17) is 10.5 Å². The zero-order valence-electron chi connectivity index (χ0n) is 11.7. The van der Waals surface area contributed by atoms with Crippen molar-refractivity contribution < 1.29 is 9.13 Å². The average Bonchev–Trinajstić information content (AvgIpc) is 2.47. The maximum atomic E-state index is 13.1. The van der Waals surface area contributed by atoms with Crippen molar-refractivity contribution in [2.75, 3.05) is 0 Å². The van der Waals surface area contributed by atoms with Crippen LogP contribution in [0.25, 0.3) is 0 Å². The number of aryl methyl sites for hydroxylation is 1. The van der Waals surface area contributed by atoms with Gasteiger partial charge in [-0.1, -0.05) is 31.5 Å². The number of nitrogens with two attached hydrogens (primary N) is 1. The number of rotatable bonds is 6. The molecule has 0 saturated heterocycles. The molecule has 0 aliphatic carbocycles. The fraction of sp³-hybridized carbons (Fsp3) is 0.294. The monoisotopic (exact) mass is 273 g/mol. The summed E-state index contributed by atoms with van der Waals surface area (Å²) in [6, 6.07) is 12.7. The van der Waals surface area contributed by atoms with Gasteiger partial charge >= 0.3 is 0 Å². The summed E-state index contributed by atoms with van der Waals surface area (Å²) in [5, 5.41) is 0. The Morgan fingerprint density at radius 1 is 1.05 bits per heavy atom. The van der Waals surface area contributed by atoms with E-state index >= 15 is 0 Å². The molecular formula is C17H20FNO. The second kappa shape index (κ2) is 7.06. The molecule has 0 spiro atoms. The highest BCUT2D eigenvalue weighted by Crippen LogP contribution is 2.17. The average molecular weight is 273 g/mol. The van der Waals surface area contributed by atoms with E-state index in [0.29, 0.717) is 13.2 Å². The van der Waals surface area contributed by atoms with E-state index in [1.807, 2.05) is 12.1 Å². The highest BCUT2D eigenvalue weighted by Gasteiger charge is 2.04. The van der Waals surface area contributed by atoms with E-state index < -0.39 is 0 Å². The Hall–Kier alpha value is -1.87. The second-order valence-corrected chi connectivity index (χ2v) is 4.80. The van der Waals surface area contributed by atoms with E-state index in [2.05, 4.69) is 19.1 Å². The molecule has 0 fully saturated rings. The van der Waals surface area contributed by atoms with Crippen LogP contribution < -0.4 is 10.5 Å². The smallest absolute Gasteiger partial charge is 0.123 e. The Balaban J connectivity index is 2.01. The molecule has 2 N–H and O–H groups in total. The molecule has 2 aromatic rings. The van der Waals surface area contributed by atoms with Gasteiger partial charge in [0, 0.05) is 6.54 Å². The first-order chi connectivity index (χ1) is 9.72. The van der Waals surface area contributed by atoms with Gasteiger partial charge in [-0.15, -0.1) is 0 Å². The molecule has 106 valence electrons. The first kappa shape index (κ1) is 14.5. The van der Waals surface area contributed by atoms with E-state index in [1.54, 1.807) is 6.07 Å². The van der Waals surface area contributed by atoms with Gasteiger partial charge in [0.2, 0.25) is 0 Å². The minimum absolute atomic E-state index is 0.266. The summed E-state index contributed by atoms with van der Waals surface area (Å²) in [6.45, 7) is 2.87. The maximum absolute atomic E-state index is 13.1. The number of ether oxygens (including phenoxy) is 1. The van der Waals surface area contributed by atoms with Gasteiger partial charge in [0.15, 0.2) is 0 Å². The summed E-state index contributed by atoms with van der Waals surface area (Å²) in [6.07, 6.45) is 2.21. The molecule has 0 aliphatic heterocycles. The molecule has 20 heavy (non-hydrogen) atoms. The molecule has 0 bridgehead atoms. The number of hydrogen-bond donors (Lipinski definition) is 1. The van der Waals surface area contributed by atoms with Gasteiger partial charge in [-0.2, -0.15) is 0 Å². The zero-order valence-corrected chi connectivity index (χ0v) is 11.7. The number of halogens is 1. The molecule has 3 heteroatoms. The van der Waals surface area contributed by atoms with Crippen molar-refractivity contribution in [2.45, 2.75) is 32.9 Å². The lowest BCUT2D eigenvalue weighted by atomic mass is 10.1. The molecule has 0 atom stereocenters. The Kier molecular flexibility index (Phi) is 5.13. The molecule has 0 amide bonds. The first-order valence-electron chi connectivity index (χ1n) is 6.92. The molecule has 0 aliphatic rings. The summed E-state index contributed by atoms with van der Waals surface area (Å²) in [7, 11) is 0. The lowest BCUT2D eigenvalue weighted by Gasteiger charge is -2.10. The lowest BCUT2D eigenvalue weighted by Crippen LogP contribution is -2.05. The van der Waals surface area contributed by atoms with E-state index in [0.717, 1.165) is 29.7 Å². The highest BCUT2D eigenvalue weighted by molar-refractivity contribution is 5.30. The minimum atomic E-state index is -0.266. The molecule has 0 aromatic heterocycles. The molecule has 0 radical (unpaired) electrons. The van der Waals surface area contributed by atoms with Gasteiger partial charge in [-0.05, 0) is 47.4 Å². The topological polar surface area (TPSA) is 35.2 Å². The van der Waals surface area contributed by atoms with Crippen molar-refractivity contribution in [3.63, 3.8) is 0 Å². The van der Waals surface area contributed by atoms with E-state index in [1.165, 1.54) is 17.7 Å². The number of hydrogen-bond acceptors (Lipinski definition) is 2. The highest BCUT2D eigenvalue weighted by atomic mass is 19.1. The third-order valence-corrected chi connectivity index (χ3v) is 3.24. The molecule has 0 unspecified atom stereocenters. The van der Waals surface area contributed by atoms with Gasteiger partial charge in [0.25, 0.3) is 0 Å². The largest absolute Gasteiger partial charge is 0.489 e. The van der Waals surface area contributed by atoms with Crippen LogP contribution in [0.1, 0.15) is 30.0 Å². The van der Waals surface area contributed by atoms with Crippen molar-refractivity contribution in [3.05, 3.63) is 65.0 Å². The third-order valence-electron chi connectivity index (χ3n) is 3.24. The van der Waals surface area contributed by atoms with Crippen LogP contribution in [0.3, 0.4) is 0 Å². The van der Waals surface area contributed by atoms with Gasteiger partial charge in [0.05, 0.1) is 0 Å². The summed E-state index contributed by atoms with van der Waals surface area (Å²) in [4.78, 5) is 0. The van der Waals surface area contributed by atoms with Crippen molar-refractivity contribution >= 4 is 0 Å². The molecule has 0 saturated carbocycles. The van der Waals surface area contributed by atoms with Crippen LogP contribution in [0.2, 0.25) is 0 Å². The predicted octanol–water partition coefficient (Wildman–Crippen LogP) is 3.82. The quantitative estimate of drug-likeness (QED) is 0.868. The van der Waals surface area contributed by atoms with Crippen LogP contribution in [0.4, 0.5) is 4.39 Å². The molecule has 2 rings (SSSR count). The lowest BCUT2D eigenvalue weighted by molar-refractivity contribution is 0.304. The Morgan fingerprint density at radius 3 is 2.45 bits per heavy atom. The van der Waals surface area contributed by atoms with Crippen LogP contribution in [0.5, 0.6) is 5.75 Å². The van der Waals surface area contributed by atoms with Crippen LogP contribution in [0.15, 0.2) is 42.5 Å². The fourth-order valence-electron chi connectivity index (χ4n) is 2.13. The maximum Gasteiger partial charge on any atom is 0.123 e. The van der Waals surface area contributed by atoms with Gasteiger partial charge < -0.3 is 10.5 Å². The van der Waals surface area contributed by atoms with Crippen LogP contribution >= 0.6 is 0 Å². The number of benzene rings is 2. The van der Waals surface area contributed by atoms with Crippen molar-refractivity contribution in [1.29, 1.82) is 0 Å². The third kappa shape index (κ3) is 3.81. The predicted molar refractivity (Wildman–Crippen MR) is 79.1 cm³/mol. The summed E-state index contributed by atoms with van der Waals surface area (Å²) in [5.41, 5.74) is 8.64. The zero-order chi connectivity index (χ0) is 14.4. The van der Waals surface area contributed by atoms with Gasteiger partial charge in [0.1, 0.15) is 18.2 Å². The van der Waals surface area contributed by atoms with Crippen LogP contribution in [0, 0.1) is 5.82 Å². The summed E-state index contributed by atoms with van der Waals surface area (Å²) >= 11 is 0. The van der Waals surface area contributed by atoms with Crippen molar-refractivity contribution in [2.24, 2.45) is 5.73 Å². The minimum Gasteiger partial charge on any atom is -0.489 e. The fourth-order valence-corrected chi connectivity index (χ4v) is 2.13. The molecule has 0 heterocycles. The summed E-state index contributed by atoms with van der Waals surface area (Å²) < 4.78 is 18.8. The van der Waals surface area contributed by atoms with Crippen molar-refractivity contribution in [1.82, 2.24) is 0 Å². The molecule has 2 nitrogen and oxygen atoms in total. The van der Waals surface area contributed by atoms with Crippen molar-refractivity contribution in [3.8, 4) is 5.75 Å². The Labute approximate surface area is 119 Å². The van der Waals surface area contributed by atoms with Gasteiger partial charge in [-0.3, -0.25) is 0 Å². The Morgan fingerprint density at radius 2 is 1.80 bits per heavy atom. The second-order valence-electron chi connectivity index (χ2n) is 4.80. The van der Waals surface area contributed by atoms with E-state index in [-0.39, 0.29) is 5.82 Å². The first-order valence-corrected chi connectivity index (χ1v) is 6.92. The molecule has 2 aromatic carbocycles. The van der Waals surface area contributed by atoms with E-state index in [9.17, 15) is 4.39 Å². The Bertz CT molecular complexity index is 551. The van der Waals surface area contributed by atoms with Gasteiger partial charge in [-0.25, -0.2) is 4.39 Å². The summed E-state index contributed by atoms with van der Waals surface area (Å²) in [5.74, 6) is 0.551. The standard InChI is InChI=1S/C17H20FNO/c1-2-3-13-4-8-17(9-5-13)20-12-14-6-7-16(18)10-15(14)11-19/h4-10H,2-3,11-12,19H2,1H3. The van der Waals surface area contributed by atoms with Crippen LogP contribution in [-0.4, -0.2) is 0 Å².